The molecule has 0 spiro atoms. The van der Waals surface area contributed by atoms with Crippen LogP contribution in [0.2, 0.25) is 0 Å². The molecular formula is C13H17BrN2O2. The quantitative estimate of drug-likeness (QED) is 0.872. The van der Waals surface area contributed by atoms with Gasteiger partial charge in [-0.15, -0.1) is 0 Å². The molecule has 0 radical (unpaired) electrons. The largest absolute Gasteiger partial charge is 0.345 e. The van der Waals surface area contributed by atoms with Gasteiger partial charge in [-0.2, -0.15) is 0 Å². The predicted molar refractivity (Wildman–Crippen MR) is 76.1 cm³/mol. The first-order valence-electron chi connectivity index (χ1n) is 5.54. The minimum absolute atomic E-state index is 0.140. The minimum Gasteiger partial charge on any atom is -0.345 e. The number of alkyl halides is 1. The summed E-state index contributed by atoms with van der Waals surface area (Å²) in [5.74, 6) is -0.334. The Morgan fingerprint density at radius 3 is 2.28 bits per heavy atom. The smallest absolute Gasteiger partial charge is 0.255 e. The van der Waals surface area contributed by atoms with Crippen molar-refractivity contribution in [3.05, 3.63) is 29.8 Å². The Morgan fingerprint density at radius 1 is 1.22 bits per heavy atom. The number of amides is 2. The summed E-state index contributed by atoms with van der Waals surface area (Å²) in [6, 6.07) is 6.96. The van der Waals surface area contributed by atoms with Crippen LogP contribution in [0.3, 0.4) is 0 Å². The average molecular weight is 313 g/mol. The molecule has 2 amide bonds. The summed E-state index contributed by atoms with van der Waals surface area (Å²) < 4.78 is -0.679. The topological polar surface area (TPSA) is 49.4 Å². The number of benzene rings is 1. The second kappa shape index (κ2) is 5.52. The van der Waals surface area contributed by atoms with E-state index < -0.39 is 4.32 Å². The molecule has 0 saturated carbocycles. The normalized spacial score (nSPS) is 10.9. The highest BCUT2D eigenvalue weighted by Gasteiger charge is 2.25. The van der Waals surface area contributed by atoms with E-state index in [0.717, 1.165) is 0 Å². The standard InChI is InChI=1S/C13H17BrN2O2/c1-13(2,14)12(18)15-10-8-6-5-7-9(10)11(17)16(3)4/h5-8H,1-4H3,(H,15,18). The molecule has 0 aliphatic heterocycles. The maximum Gasteiger partial charge on any atom is 0.255 e. The van der Waals surface area contributed by atoms with Crippen LogP contribution in [0.25, 0.3) is 0 Å². The van der Waals surface area contributed by atoms with Crippen LogP contribution in [0.4, 0.5) is 5.69 Å². The molecule has 0 aromatic heterocycles. The maximum absolute atomic E-state index is 12.0. The zero-order valence-electron chi connectivity index (χ0n) is 11.0. The van der Waals surface area contributed by atoms with E-state index in [1.807, 2.05) is 0 Å². The number of anilines is 1. The Kier molecular flexibility index (Phi) is 4.51. The lowest BCUT2D eigenvalue weighted by molar-refractivity contribution is -0.117. The first kappa shape index (κ1) is 14.7. The van der Waals surface area contributed by atoms with Crippen molar-refractivity contribution in [2.24, 2.45) is 0 Å². The van der Waals surface area contributed by atoms with E-state index >= 15 is 0 Å². The summed E-state index contributed by atoms with van der Waals surface area (Å²) in [4.78, 5) is 25.3. The SMILES string of the molecule is CN(C)C(=O)c1ccccc1NC(=O)C(C)(C)Br. The fourth-order valence-corrected chi connectivity index (χ4v) is 1.39. The number of hydrogen-bond donors (Lipinski definition) is 1. The van der Waals surface area contributed by atoms with Gasteiger partial charge in [-0.25, -0.2) is 0 Å². The van der Waals surface area contributed by atoms with Gasteiger partial charge in [0.25, 0.3) is 5.91 Å². The lowest BCUT2D eigenvalue weighted by atomic mass is 10.1. The summed E-state index contributed by atoms with van der Waals surface area (Å²) in [7, 11) is 3.35. The fourth-order valence-electron chi connectivity index (χ4n) is 1.29. The van der Waals surface area contributed by atoms with Crippen LogP contribution in [0, 0.1) is 0 Å². The zero-order valence-corrected chi connectivity index (χ0v) is 12.5. The highest BCUT2D eigenvalue weighted by Crippen LogP contribution is 2.22. The molecule has 1 N–H and O–H groups in total. The zero-order chi connectivity index (χ0) is 13.9. The van der Waals surface area contributed by atoms with Crippen molar-refractivity contribution in [3.63, 3.8) is 0 Å². The van der Waals surface area contributed by atoms with Crippen LogP contribution in [-0.4, -0.2) is 35.1 Å². The molecule has 0 aliphatic carbocycles. The van der Waals surface area contributed by atoms with E-state index in [-0.39, 0.29) is 11.8 Å². The number of hydrogen-bond acceptors (Lipinski definition) is 2. The molecule has 0 atom stereocenters. The number of carbonyl (C=O) groups excluding carboxylic acids is 2. The molecule has 98 valence electrons. The van der Waals surface area contributed by atoms with Crippen LogP contribution in [0.1, 0.15) is 24.2 Å². The molecule has 1 rings (SSSR count). The van der Waals surface area contributed by atoms with E-state index in [0.29, 0.717) is 11.3 Å². The Hall–Kier alpha value is -1.36. The Morgan fingerprint density at radius 2 is 1.78 bits per heavy atom. The van der Waals surface area contributed by atoms with Crippen LogP contribution >= 0.6 is 15.9 Å². The van der Waals surface area contributed by atoms with Gasteiger partial charge in [0.05, 0.1) is 15.6 Å². The van der Waals surface area contributed by atoms with Gasteiger partial charge in [-0.05, 0) is 26.0 Å². The molecule has 0 bridgehead atoms. The first-order chi connectivity index (χ1) is 8.23. The second-order valence-corrected chi connectivity index (χ2v) is 6.65. The molecule has 1 aromatic carbocycles. The molecular weight excluding hydrogens is 296 g/mol. The van der Waals surface area contributed by atoms with Crippen molar-refractivity contribution in [3.8, 4) is 0 Å². The summed E-state index contributed by atoms with van der Waals surface area (Å²) >= 11 is 3.28. The van der Waals surface area contributed by atoms with Crippen LogP contribution < -0.4 is 5.32 Å². The minimum atomic E-state index is -0.679. The van der Waals surface area contributed by atoms with E-state index in [2.05, 4.69) is 21.2 Å². The molecule has 1 aromatic rings. The molecule has 4 nitrogen and oxygen atoms in total. The third-order valence-electron chi connectivity index (χ3n) is 2.35. The molecule has 0 saturated heterocycles. The Bertz CT molecular complexity index is 464. The molecule has 0 fully saturated rings. The van der Waals surface area contributed by atoms with Crippen LogP contribution in [-0.2, 0) is 4.79 Å². The lowest BCUT2D eigenvalue weighted by Gasteiger charge is -2.19. The molecule has 0 aliphatic rings. The van der Waals surface area contributed by atoms with Gasteiger partial charge in [0.15, 0.2) is 0 Å². The lowest BCUT2D eigenvalue weighted by Crippen LogP contribution is -2.32. The van der Waals surface area contributed by atoms with E-state index in [1.54, 1.807) is 52.2 Å². The Labute approximate surface area is 115 Å². The number of nitrogens with zero attached hydrogens (tertiary/aromatic N) is 1. The third-order valence-corrected chi connectivity index (χ3v) is 2.71. The van der Waals surface area contributed by atoms with Crippen molar-refractivity contribution in [1.82, 2.24) is 4.90 Å². The molecule has 0 heterocycles. The summed E-state index contributed by atoms with van der Waals surface area (Å²) in [5, 5.41) is 2.75. The molecule has 18 heavy (non-hydrogen) atoms. The van der Waals surface area contributed by atoms with Crippen molar-refractivity contribution in [2.45, 2.75) is 18.2 Å². The van der Waals surface area contributed by atoms with Gasteiger partial charge < -0.3 is 10.2 Å². The fraction of sp³-hybridized carbons (Fsp3) is 0.385. The van der Waals surface area contributed by atoms with Gasteiger partial charge in [0.1, 0.15) is 0 Å². The highest BCUT2D eigenvalue weighted by atomic mass is 79.9. The number of nitrogens with one attached hydrogen (secondary N) is 1. The van der Waals surface area contributed by atoms with E-state index in [4.69, 9.17) is 0 Å². The van der Waals surface area contributed by atoms with E-state index in [9.17, 15) is 9.59 Å². The number of rotatable bonds is 3. The average Bonchev–Trinajstić information content (AvgIpc) is 2.27. The maximum atomic E-state index is 12.0. The van der Waals surface area contributed by atoms with Gasteiger partial charge in [-0.3, -0.25) is 9.59 Å². The summed E-state index contributed by atoms with van der Waals surface area (Å²) in [6.45, 7) is 3.50. The van der Waals surface area contributed by atoms with E-state index in [1.165, 1.54) is 4.90 Å². The highest BCUT2D eigenvalue weighted by molar-refractivity contribution is 9.10. The van der Waals surface area contributed by atoms with Crippen molar-refractivity contribution in [1.29, 1.82) is 0 Å². The van der Waals surface area contributed by atoms with Gasteiger partial charge in [-0.1, -0.05) is 28.1 Å². The van der Waals surface area contributed by atoms with Crippen molar-refractivity contribution < 1.29 is 9.59 Å². The number of para-hydroxylation sites is 1. The monoisotopic (exact) mass is 312 g/mol. The van der Waals surface area contributed by atoms with Gasteiger partial charge in [0.2, 0.25) is 5.91 Å². The Balaban J connectivity index is 3.04. The van der Waals surface area contributed by atoms with Crippen molar-refractivity contribution in [2.75, 3.05) is 19.4 Å². The molecule has 5 heteroatoms. The van der Waals surface area contributed by atoms with Crippen LogP contribution in [0.5, 0.6) is 0 Å². The van der Waals surface area contributed by atoms with Gasteiger partial charge >= 0.3 is 0 Å². The predicted octanol–water partition coefficient (Wildman–Crippen LogP) is 2.50. The second-order valence-electron chi connectivity index (χ2n) is 4.67. The van der Waals surface area contributed by atoms with Gasteiger partial charge in [0, 0.05) is 14.1 Å². The summed E-state index contributed by atoms with van der Waals surface area (Å²) in [5.41, 5.74) is 1.00. The van der Waals surface area contributed by atoms with Crippen molar-refractivity contribution >= 4 is 33.4 Å². The summed E-state index contributed by atoms with van der Waals surface area (Å²) in [6.07, 6.45) is 0. The third kappa shape index (κ3) is 3.57. The number of carbonyl (C=O) groups is 2. The van der Waals surface area contributed by atoms with Crippen LogP contribution in [0.15, 0.2) is 24.3 Å². The molecule has 0 unspecified atom stereocenters. The first-order valence-corrected chi connectivity index (χ1v) is 6.34. The number of halogens is 1.